The topological polar surface area (TPSA) is 68.2 Å². The van der Waals surface area contributed by atoms with Crippen molar-refractivity contribution >= 4 is 32.9 Å². The average molecular weight is 274 g/mol. The fraction of sp³-hybridized carbons (Fsp3) is 0.231. The minimum absolute atomic E-state index is 0.650. The molecule has 3 rings (SSSR count). The molecule has 0 amide bonds. The number of nitrogen functional groups attached to an aromatic ring is 1. The second kappa shape index (κ2) is 4.55. The Labute approximate surface area is 114 Å². The Morgan fingerprint density at radius 3 is 3.00 bits per heavy atom. The molecule has 0 aliphatic heterocycles. The maximum atomic E-state index is 6.18. The molecule has 0 bridgehead atoms. The van der Waals surface area contributed by atoms with E-state index in [1.165, 1.54) is 0 Å². The minimum atomic E-state index is 0.650. The van der Waals surface area contributed by atoms with Crippen LogP contribution in [0.1, 0.15) is 11.5 Å². The molecule has 0 saturated carbocycles. The van der Waals surface area contributed by atoms with Gasteiger partial charge in [0, 0.05) is 13.1 Å². The normalized spacial score (nSPS) is 11.1. The number of nitrogens with zero attached hydrogens (tertiary/aromatic N) is 3. The van der Waals surface area contributed by atoms with E-state index in [-0.39, 0.29) is 0 Å². The van der Waals surface area contributed by atoms with E-state index in [1.807, 2.05) is 42.6 Å². The second-order valence-electron chi connectivity index (χ2n) is 4.48. The highest BCUT2D eigenvalue weighted by Crippen LogP contribution is 2.32. The molecule has 5 nitrogen and oxygen atoms in total. The van der Waals surface area contributed by atoms with Gasteiger partial charge in [-0.15, -0.1) is 11.3 Å². The highest BCUT2D eigenvalue weighted by Gasteiger charge is 2.12. The SMILES string of the molecule is Cc1cc(CN(C)c2ccc3scnc3c2N)no1. The maximum absolute atomic E-state index is 6.18. The van der Waals surface area contributed by atoms with E-state index >= 15 is 0 Å². The van der Waals surface area contributed by atoms with Crippen LogP contribution in [0, 0.1) is 6.92 Å². The fourth-order valence-electron chi connectivity index (χ4n) is 2.09. The van der Waals surface area contributed by atoms with Crippen LogP contribution in [-0.4, -0.2) is 17.2 Å². The summed E-state index contributed by atoms with van der Waals surface area (Å²) in [5.74, 6) is 0.811. The van der Waals surface area contributed by atoms with E-state index < -0.39 is 0 Å². The quantitative estimate of drug-likeness (QED) is 0.744. The molecule has 0 saturated heterocycles. The van der Waals surface area contributed by atoms with Gasteiger partial charge in [-0.1, -0.05) is 5.16 Å². The Hall–Kier alpha value is -2.08. The van der Waals surface area contributed by atoms with E-state index in [0.717, 1.165) is 27.4 Å². The molecule has 3 aromatic rings. The Balaban J connectivity index is 1.92. The molecular formula is C13H14N4OS. The number of aromatic nitrogens is 2. The molecule has 2 heterocycles. The molecule has 0 aliphatic rings. The van der Waals surface area contributed by atoms with Crippen LogP contribution in [0.15, 0.2) is 28.2 Å². The molecule has 98 valence electrons. The van der Waals surface area contributed by atoms with Crippen molar-refractivity contribution in [2.24, 2.45) is 0 Å². The Bertz CT molecular complexity index is 718. The van der Waals surface area contributed by atoms with Crippen LogP contribution in [0.25, 0.3) is 10.2 Å². The third-order valence-electron chi connectivity index (χ3n) is 3.01. The first-order chi connectivity index (χ1) is 9.15. The molecule has 0 fully saturated rings. The van der Waals surface area contributed by atoms with Crippen LogP contribution < -0.4 is 10.6 Å². The van der Waals surface area contributed by atoms with Crippen molar-refractivity contribution in [2.75, 3.05) is 17.7 Å². The van der Waals surface area contributed by atoms with Gasteiger partial charge >= 0.3 is 0 Å². The van der Waals surface area contributed by atoms with Crippen LogP contribution in [-0.2, 0) is 6.54 Å². The second-order valence-corrected chi connectivity index (χ2v) is 5.37. The number of benzene rings is 1. The van der Waals surface area contributed by atoms with Gasteiger partial charge in [-0.2, -0.15) is 0 Å². The van der Waals surface area contributed by atoms with Crippen molar-refractivity contribution in [1.29, 1.82) is 0 Å². The number of hydrogen-bond acceptors (Lipinski definition) is 6. The molecule has 0 radical (unpaired) electrons. The van der Waals surface area contributed by atoms with Gasteiger partial charge in [0.05, 0.1) is 28.1 Å². The Morgan fingerprint density at radius 2 is 2.26 bits per heavy atom. The van der Waals surface area contributed by atoms with E-state index in [1.54, 1.807) is 11.3 Å². The summed E-state index contributed by atoms with van der Waals surface area (Å²) in [6.07, 6.45) is 0. The lowest BCUT2D eigenvalue weighted by molar-refractivity contribution is 0.390. The third kappa shape index (κ3) is 2.15. The molecule has 2 N–H and O–H groups in total. The molecule has 1 aromatic carbocycles. The van der Waals surface area contributed by atoms with E-state index in [9.17, 15) is 0 Å². The van der Waals surface area contributed by atoms with E-state index in [4.69, 9.17) is 10.3 Å². The lowest BCUT2D eigenvalue weighted by Crippen LogP contribution is -2.18. The van der Waals surface area contributed by atoms with Crippen LogP contribution in [0.5, 0.6) is 0 Å². The first-order valence-electron chi connectivity index (χ1n) is 5.90. The van der Waals surface area contributed by atoms with Gasteiger partial charge in [-0.25, -0.2) is 4.98 Å². The summed E-state index contributed by atoms with van der Waals surface area (Å²) in [5, 5.41) is 3.99. The Morgan fingerprint density at radius 1 is 1.42 bits per heavy atom. The van der Waals surface area contributed by atoms with Gasteiger partial charge in [-0.05, 0) is 19.1 Å². The monoisotopic (exact) mass is 274 g/mol. The lowest BCUT2D eigenvalue weighted by atomic mass is 10.2. The molecule has 0 aliphatic carbocycles. The van der Waals surface area contributed by atoms with Crippen LogP contribution >= 0.6 is 11.3 Å². The van der Waals surface area contributed by atoms with Crippen LogP contribution in [0.4, 0.5) is 11.4 Å². The Kier molecular flexibility index (Phi) is 2.87. The average Bonchev–Trinajstić information content (AvgIpc) is 2.99. The molecule has 0 unspecified atom stereocenters. The van der Waals surface area contributed by atoms with Crippen LogP contribution in [0.2, 0.25) is 0 Å². The van der Waals surface area contributed by atoms with Crippen molar-refractivity contribution in [3.63, 3.8) is 0 Å². The number of thiazole rings is 1. The molecule has 2 aromatic heterocycles. The standard InChI is InChI=1S/C13H14N4OS/c1-8-5-9(16-18-8)6-17(2)10-3-4-11-13(12(10)14)15-7-19-11/h3-5,7H,6,14H2,1-2H3. The summed E-state index contributed by atoms with van der Waals surface area (Å²) in [4.78, 5) is 6.35. The van der Waals surface area contributed by atoms with Crippen molar-refractivity contribution in [3.8, 4) is 0 Å². The third-order valence-corrected chi connectivity index (χ3v) is 3.80. The zero-order valence-corrected chi connectivity index (χ0v) is 11.6. The van der Waals surface area contributed by atoms with Crippen molar-refractivity contribution in [2.45, 2.75) is 13.5 Å². The molecule has 0 atom stereocenters. The summed E-state index contributed by atoms with van der Waals surface area (Å²) >= 11 is 1.59. The lowest BCUT2D eigenvalue weighted by Gasteiger charge is -2.19. The van der Waals surface area contributed by atoms with Gasteiger partial charge in [0.2, 0.25) is 0 Å². The molecule has 6 heteroatoms. The van der Waals surface area contributed by atoms with Gasteiger partial charge in [-0.3, -0.25) is 0 Å². The maximum Gasteiger partial charge on any atom is 0.133 e. The predicted octanol–water partition coefficient (Wildman–Crippen LogP) is 2.81. The first kappa shape index (κ1) is 12.0. The highest BCUT2D eigenvalue weighted by atomic mass is 32.1. The summed E-state index contributed by atoms with van der Waals surface area (Å²) in [7, 11) is 1.98. The van der Waals surface area contributed by atoms with Crippen molar-refractivity contribution < 1.29 is 4.52 Å². The smallest absolute Gasteiger partial charge is 0.133 e. The number of fused-ring (bicyclic) bond motifs is 1. The van der Waals surface area contributed by atoms with Gasteiger partial charge < -0.3 is 15.2 Å². The van der Waals surface area contributed by atoms with E-state index in [0.29, 0.717) is 12.2 Å². The van der Waals surface area contributed by atoms with E-state index in [2.05, 4.69) is 10.1 Å². The summed E-state index contributed by atoms with van der Waals surface area (Å²) in [6, 6.07) is 5.99. The zero-order chi connectivity index (χ0) is 13.4. The van der Waals surface area contributed by atoms with Crippen molar-refractivity contribution in [1.82, 2.24) is 10.1 Å². The minimum Gasteiger partial charge on any atom is -0.395 e. The molecule has 0 spiro atoms. The highest BCUT2D eigenvalue weighted by molar-refractivity contribution is 7.16. The van der Waals surface area contributed by atoms with Gasteiger partial charge in [0.15, 0.2) is 0 Å². The van der Waals surface area contributed by atoms with Gasteiger partial charge in [0.25, 0.3) is 0 Å². The molecular weight excluding hydrogens is 260 g/mol. The largest absolute Gasteiger partial charge is 0.395 e. The first-order valence-corrected chi connectivity index (χ1v) is 6.78. The predicted molar refractivity (Wildman–Crippen MR) is 77.4 cm³/mol. The number of anilines is 2. The zero-order valence-electron chi connectivity index (χ0n) is 10.8. The van der Waals surface area contributed by atoms with Crippen molar-refractivity contribution in [3.05, 3.63) is 35.2 Å². The number of hydrogen-bond donors (Lipinski definition) is 1. The fourth-order valence-corrected chi connectivity index (χ4v) is 2.79. The number of rotatable bonds is 3. The van der Waals surface area contributed by atoms with Crippen LogP contribution in [0.3, 0.4) is 0 Å². The van der Waals surface area contributed by atoms with Gasteiger partial charge in [0.1, 0.15) is 17.0 Å². The number of nitrogens with two attached hydrogens (primary N) is 1. The number of aryl methyl sites for hydroxylation is 1. The summed E-state index contributed by atoms with van der Waals surface area (Å²) < 4.78 is 6.17. The summed E-state index contributed by atoms with van der Waals surface area (Å²) in [5.41, 5.74) is 11.4. The summed E-state index contributed by atoms with van der Waals surface area (Å²) in [6.45, 7) is 2.53. The molecule has 19 heavy (non-hydrogen) atoms.